The molecule has 6 nitrogen and oxygen atoms in total. The maximum Gasteiger partial charge on any atom is 0.257 e. The fraction of sp³-hybridized carbons (Fsp3) is 0.0588. The van der Waals surface area contributed by atoms with Crippen LogP contribution >= 0.6 is 22.9 Å². The molecule has 0 unspecified atom stereocenters. The van der Waals surface area contributed by atoms with Gasteiger partial charge in [0.2, 0.25) is 5.91 Å². The largest absolute Gasteiger partial charge is 0.324 e. The van der Waals surface area contributed by atoms with Crippen LogP contribution in [0.3, 0.4) is 0 Å². The van der Waals surface area contributed by atoms with E-state index in [4.69, 9.17) is 11.6 Å². The molecule has 3 rings (SSSR count). The molecule has 2 aromatic heterocycles. The van der Waals surface area contributed by atoms with E-state index in [-0.39, 0.29) is 12.3 Å². The zero-order chi connectivity index (χ0) is 18.5. The maximum atomic E-state index is 12.9. The first kappa shape index (κ1) is 18.0. The number of amides is 2. The highest BCUT2D eigenvalue weighted by molar-refractivity contribution is 7.14. The van der Waals surface area contributed by atoms with Gasteiger partial charge in [-0.2, -0.15) is 0 Å². The smallest absolute Gasteiger partial charge is 0.257 e. The van der Waals surface area contributed by atoms with Crippen molar-refractivity contribution in [2.24, 2.45) is 0 Å². The molecular formula is C17H12ClFN4O2S. The van der Waals surface area contributed by atoms with Gasteiger partial charge in [-0.3, -0.25) is 14.9 Å². The number of carbonyl (C=O) groups excluding carboxylic acids is 2. The number of pyridine rings is 1. The Hall–Kier alpha value is -2.84. The van der Waals surface area contributed by atoms with E-state index in [9.17, 15) is 14.0 Å². The van der Waals surface area contributed by atoms with Gasteiger partial charge >= 0.3 is 0 Å². The summed E-state index contributed by atoms with van der Waals surface area (Å²) in [5, 5.41) is 7.67. The van der Waals surface area contributed by atoms with Crippen LogP contribution in [0.4, 0.5) is 15.2 Å². The van der Waals surface area contributed by atoms with Crippen LogP contribution in [0.1, 0.15) is 16.1 Å². The van der Waals surface area contributed by atoms with E-state index in [0.29, 0.717) is 27.2 Å². The summed E-state index contributed by atoms with van der Waals surface area (Å²) in [5.41, 5.74) is 1.36. The average Bonchev–Trinajstić information content (AvgIpc) is 3.04. The Balaban J connectivity index is 1.57. The first-order valence-electron chi connectivity index (χ1n) is 7.42. The maximum absolute atomic E-state index is 12.9. The van der Waals surface area contributed by atoms with Gasteiger partial charge in [-0.1, -0.05) is 11.6 Å². The lowest BCUT2D eigenvalue weighted by atomic mass is 10.2. The molecule has 132 valence electrons. The van der Waals surface area contributed by atoms with E-state index in [0.717, 1.165) is 0 Å². The quantitative estimate of drug-likeness (QED) is 0.649. The monoisotopic (exact) mass is 390 g/mol. The molecule has 0 aliphatic heterocycles. The Morgan fingerprint density at radius 1 is 1.12 bits per heavy atom. The first-order chi connectivity index (χ1) is 12.5. The summed E-state index contributed by atoms with van der Waals surface area (Å²) in [5.74, 6) is -1.08. The van der Waals surface area contributed by atoms with E-state index in [1.165, 1.54) is 41.8 Å². The van der Waals surface area contributed by atoms with Crippen LogP contribution in [0.15, 0.2) is 48.0 Å². The Morgan fingerprint density at radius 3 is 2.58 bits per heavy atom. The summed E-state index contributed by atoms with van der Waals surface area (Å²) in [7, 11) is 0. The van der Waals surface area contributed by atoms with Gasteiger partial charge in [-0.05, 0) is 36.4 Å². The van der Waals surface area contributed by atoms with E-state index in [1.54, 1.807) is 17.5 Å². The topological polar surface area (TPSA) is 84.0 Å². The first-order valence-corrected chi connectivity index (χ1v) is 8.68. The van der Waals surface area contributed by atoms with Gasteiger partial charge in [-0.25, -0.2) is 14.4 Å². The molecule has 2 heterocycles. The van der Waals surface area contributed by atoms with Crippen LogP contribution in [-0.4, -0.2) is 21.8 Å². The van der Waals surface area contributed by atoms with Crippen molar-refractivity contribution in [2.45, 2.75) is 6.42 Å². The van der Waals surface area contributed by atoms with Crippen molar-refractivity contribution in [3.63, 3.8) is 0 Å². The number of rotatable bonds is 5. The Bertz CT molecular complexity index is 929. The molecule has 0 spiro atoms. The third-order valence-electron chi connectivity index (χ3n) is 3.23. The number of nitrogens with zero attached hydrogens (tertiary/aromatic N) is 2. The highest BCUT2D eigenvalue weighted by Gasteiger charge is 2.11. The summed E-state index contributed by atoms with van der Waals surface area (Å²) in [4.78, 5) is 32.2. The molecule has 0 aliphatic carbocycles. The Labute approximate surface area is 157 Å². The second kappa shape index (κ2) is 8.03. The molecule has 1 aromatic carbocycles. The minimum Gasteiger partial charge on any atom is -0.324 e. The molecule has 26 heavy (non-hydrogen) atoms. The van der Waals surface area contributed by atoms with Crippen LogP contribution in [0, 0.1) is 5.82 Å². The van der Waals surface area contributed by atoms with Crippen molar-refractivity contribution in [1.29, 1.82) is 0 Å². The zero-order valence-corrected chi connectivity index (χ0v) is 14.8. The molecule has 0 atom stereocenters. The summed E-state index contributed by atoms with van der Waals surface area (Å²) in [6.45, 7) is 0. The molecule has 0 bridgehead atoms. The lowest BCUT2D eigenvalue weighted by Gasteiger charge is -2.03. The fourth-order valence-electron chi connectivity index (χ4n) is 2.04. The van der Waals surface area contributed by atoms with Crippen molar-refractivity contribution in [3.05, 3.63) is 70.2 Å². The summed E-state index contributed by atoms with van der Waals surface area (Å²) in [6.07, 6.45) is 1.50. The number of benzene rings is 1. The van der Waals surface area contributed by atoms with Gasteiger partial charge in [0.15, 0.2) is 5.13 Å². The van der Waals surface area contributed by atoms with E-state index in [2.05, 4.69) is 20.6 Å². The van der Waals surface area contributed by atoms with Crippen molar-refractivity contribution < 1.29 is 14.0 Å². The lowest BCUT2D eigenvalue weighted by molar-refractivity contribution is -0.115. The predicted molar refractivity (Wildman–Crippen MR) is 98.0 cm³/mol. The van der Waals surface area contributed by atoms with Crippen molar-refractivity contribution >= 4 is 45.6 Å². The molecule has 0 aliphatic rings. The summed E-state index contributed by atoms with van der Waals surface area (Å²) < 4.78 is 12.9. The van der Waals surface area contributed by atoms with Gasteiger partial charge < -0.3 is 5.32 Å². The molecule has 2 N–H and O–H groups in total. The number of carbonyl (C=O) groups is 2. The molecule has 0 radical (unpaired) electrons. The Kier molecular flexibility index (Phi) is 5.55. The van der Waals surface area contributed by atoms with Gasteiger partial charge in [0.25, 0.3) is 5.91 Å². The molecule has 0 fully saturated rings. The third kappa shape index (κ3) is 4.84. The van der Waals surface area contributed by atoms with Gasteiger partial charge in [0, 0.05) is 10.9 Å². The number of aromatic nitrogens is 2. The average molecular weight is 391 g/mol. The second-order valence-electron chi connectivity index (χ2n) is 5.20. The molecular weight excluding hydrogens is 379 g/mol. The molecule has 0 saturated carbocycles. The van der Waals surface area contributed by atoms with Crippen LogP contribution in [-0.2, 0) is 11.2 Å². The highest BCUT2D eigenvalue weighted by atomic mass is 35.5. The highest BCUT2D eigenvalue weighted by Crippen LogP contribution is 2.18. The minimum atomic E-state index is -0.417. The van der Waals surface area contributed by atoms with Crippen molar-refractivity contribution in [1.82, 2.24) is 9.97 Å². The van der Waals surface area contributed by atoms with E-state index in [1.807, 2.05) is 0 Å². The minimum absolute atomic E-state index is 0.0472. The number of halogens is 2. The third-order valence-corrected chi connectivity index (χ3v) is 4.26. The molecule has 0 saturated heterocycles. The molecule has 9 heteroatoms. The second-order valence-corrected chi connectivity index (χ2v) is 6.44. The fourth-order valence-corrected chi connectivity index (χ4v) is 2.85. The number of nitrogens with one attached hydrogen (secondary N) is 2. The van der Waals surface area contributed by atoms with Crippen LogP contribution in [0.5, 0.6) is 0 Å². The number of anilines is 2. The number of thiazole rings is 1. The van der Waals surface area contributed by atoms with Gasteiger partial charge in [0.05, 0.1) is 24.0 Å². The Morgan fingerprint density at radius 2 is 1.88 bits per heavy atom. The molecule has 3 aromatic rings. The van der Waals surface area contributed by atoms with Crippen molar-refractivity contribution in [3.8, 4) is 0 Å². The van der Waals surface area contributed by atoms with Gasteiger partial charge in [0.1, 0.15) is 11.0 Å². The lowest BCUT2D eigenvalue weighted by Crippen LogP contribution is -2.15. The van der Waals surface area contributed by atoms with Gasteiger partial charge in [-0.15, -0.1) is 11.3 Å². The standard InChI is InChI=1S/C17H12ClFN4O2S/c18-14-6-5-12(8-20-14)21-15(24)7-13-9-26-17(22-13)23-16(25)10-1-3-11(19)4-2-10/h1-6,8-9H,7H2,(H,21,24)(H,22,23,25). The van der Waals surface area contributed by atoms with Crippen LogP contribution in [0.25, 0.3) is 0 Å². The van der Waals surface area contributed by atoms with Crippen molar-refractivity contribution in [2.75, 3.05) is 10.6 Å². The number of hydrogen-bond donors (Lipinski definition) is 2. The van der Waals surface area contributed by atoms with Crippen LogP contribution < -0.4 is 10.6 Å². The van der Waals surface area contributed by atoms with E-state index >= 15 is 0 Å². The SMILES string of the molecule is O=C(Cc1csc(NC(=O)c2ccc(F)cc2)n1)Nc1ccc(Cl)nc1. The predicted octanol–water partition coefficient (Wildman–Crippen LogP) is 3.76. The normalized spacial score (nSPS) is 10.4. The van der Waals surface area contributed by atoms with Crippen LogP contribution in [0.2, 0.25) is 5.15 Å². The summed E-state index contributed by atoms with van der Waals surface area (Å²) in [6, 6.07) is 8.39. The summed E-state index contributed by atoms with van der Waals surface area (Å²) >= 11 is 6.89. The number of hydrogen-bond acceptors (Lipinski definition) is 5. The van der Waals surface area contributed by atoms with E-state index < -0.39 is 11.7 Å². The zero-order valence-electron chi connectivity index (χ0n) is 13.2. The molecule has 2 amide bonds.